The van der Waals surface area contributed by atoms with Crippen LogP contribution in [-0.2, 0) is 4.79 Å². The van der Waals surface area contributed by atoms with E-state index in [1.54, 1.807) is 18.3 Å². The van der Waals surface area contributed by atoms with Gasteiger partial charge in [-0.05, 0) is 30.0 Å². The van der Waals surface area contributed by atoms with Crippen LogP contribution in [0.4, 0.5) is 5.82 Å². The summed E-state index contributed by atoms with van der Waals surface area (Å²) >= 11 is 0. The molecule has 19 heavy (non-hydrogen) atoms. The molecule has 0 aliphatic carbocycles. The van der Waals surface area contributed by atoms with Crippen molar-refractivity contribution in [3.8, 4) is 5.75 Å². The standard InChI is InChI=1S/C14H15N3O2/c18-11-3-1-9-5-6-15-14(12(9)7-11)16-8-10-2-4-13(19)17-10/h1,3,5-7,10,18H,2,4,8H2,(H,15,16)(H,17,19). The lowest BCUT2D eigenvalue weighted by Crippen LogP contribution is -2.32. The maximum absolute atomic E-state index is 11.1. The van der Waals surface area contributed by atoms with Crippen molar-refractivity contribution in [1.29, 1.82) is 0 Å². The first-order valence-electron chi connectivity index (χ1n) is 6.33. The fourth-order valence-corrected chi connectivity index (χ4v) is 2.35. The minimum atomic E-state index is 0.107. The molecule has 1 aromatic carbocycles. The Morgan fingerprint density at radius 1 is 1.42 bits per heavy atom. The number of nitrogens with one attached hydrogen (secondary N) is 2. The summed E-state index contributed by atoms with van der Waals surface area (Å²) in [6.45, 7) is 0.646. The number of rotatable bonds is 3. The zero-order valence-electron chi connectivity index (χ0n) is 10.4. The van der Waals surface area contributed by atoms with E-state index in [0.717, 1.165) is 23.0 Å². The van der Waals surface area contributed by atoms with Gasteiger partial charge >= 0.3 is 0 Å². The fourth-order valence-electron chi connectivity index (χ4n) is 2.35. The molecule has 1 aliphatic heterocycles. The van der Waals surface area contributed by atoms with Crippen LogP contribution in [0.1, 0.15) is 12.8 Å². The van der Waals surface area contributed by atoms with Gasteiger partial charge in [-0.2, -0.15) is 0 Å². The summed E-state index contributed by atoms with van der Waals surface area (Å²) in [6, 6.07) is 7.26. The number of aromatic hydroxyl groups is 1. The number of aromatic nitrogens is 1. The smallest absolute Gasteiger partial charge is 0.220 e. The van der Waals surface area contributed by atoms with Gasteiger partial charge in [-0.25, -0.2) is 4.98 Å². The maximum atomic E-state index is 11.1. The average molecular weight is 257 g/mol. The van der Waals surface area contributed by atoms with Crippen molar-refractivity contribution in [3.05, 3.63) is 30.5 Å². The van der Waals surface area contributed by atoms with Crippen molar-refractivity contribution >= 4 is 22.5 Å². The summed E-state index contributed by atoms with van der Waals surface area (Å²) in [5, 5.41) is 17.6. The van der Waals surface area contributed by atoms with Gasteiger partial charge in [-0.15, -0.1) is 0 Å². The molecular formula is C14H15N3O2. The van der Waals surface area contributed by atoms with Crippen LogP contribution in [0.2, 0.25) is 0 Å². The molecule has 1 atom stereocenters. The molecule has 2 aromatic rings. The normalized spacial score (nSPS) is 18.5. The topological polar surface area (TPSA) is 74.2 Å². The number of anilines is 1. The summed E-state index contributed by atoms with van der Waals surface area (Å²) in [5.41, 5.74) is 0. The molecule has 0 spiro atoms. The monoisotopic (exact) mass is 257 g/mol. The van der Waals surface area contributed by atoms with Gasteiger partial charge in [0.15, 0.2) is 0 Å². The predicted molar refractivity (Wildman–Crippen MR) is 73.1 cm³/mol. The third-order valence-corrected chi connectivity index (χ3v) is 3.35. The Morgan fingerprint density at radius 3 is 3.11 bits per heavy atom. The van der Waals surface area contributed by atoms with Crippen LogP contribution in [0.5, 0.6) is 5.75 Å². The Kier molecular flexibility index (Phi) is 2.95. The van der Waals surface area contributed by atoms with Gasteiger partial charge in [-0.1, -0.05) is 6.07 Å². The van der Waals surface area contributed by atoms with E-state index in [9.17, 15) is 9.90 Å². The van der Waals surface area contributed by atoms with Gasteiger partial charge in [-0.3, -0.25) is 4.79 Å². The molecular weight excluding hydrogens is 242 g/mol. The van der Waals surface area contributed by atoms with Gasteiger partial charge in [0.2, 0.25) is 5.91 Å². The quantitative estimate of drug-likeness (QED) is 0.781. The molecule has 1 aromatic heterocycles. The van der Waals surface area contributed by atoms with Crippen LogP contribution < -0.4 is 10.6 Å². The summed E-state index contributed by atoms with van der Waals surface area (Å²) in [7, 11) is 0. The van der Waals surface area contributed by atoms with Crippen molar-refractivity contribution in [1.82, 2.24) is 10.3 Å². The highest BCUT2D eigenvalue weighted by molar-refractivity contribution is 5.92. The zero-order valence-corrected chi connectivity index (χ0v) is 10.4. The summed E-state index contributed by atoms with van der Waals surface area (Å²) in [6.07, 6.45) is 3.17. The molecule has 3 rings (SSSR count). The summed E-state index contributed by atoms with van der Waals surface area (Å²) in [5.74, 6) is 1.06. The lowest BCUT2D eigenvalue weighted by atomic mass is 10.1. The predicted octanol–water partition coefficient (Wildman–Crippen LogP) is 1.63. The van der Waals surface area contributed by atoms with Crippen molar-refractivity contribution in [3.63, 3.8) is 0 Å². The van der Waals surface area contributed by atoms with Crippen molar-refractivity contribution in [2.75, 3.05) is 11.9 Å². The lowest BCUT2D eigenvalue weighted by Gasteiger charge is -2.13. The fraction of sp³-hybridized carbons (Fsp3) is 0.286. The van der Waals surface area contributed by atoms with Crippen LogP contribution in [-0.4, -0.2) is 28.6 Å². The second kappa shape index (κ2) is 4.76. The Morgan fingerprint density at radius 2 is 2.32 bits per heavy atom. The van der Waals surface area contributed by atoms with Crippen molar-refractivity contribution in [2.45, 2.75) is 18.9 Å². The number of hydrogen-bond donors (Lipinski definition) is 3. The molecule has 1 unspecified atom stereocenters. The number of pyridine rings is 1. The molecule has 1 aliphatic rings. The zero-order chi connectivity index (χ0) is 13.2. The highest BCUT2D eigenvalue weighted by Gasteiger charge is 2.20. The number of nitrogens with zero attached hydrogens (tertiary/aromatic N) is 1. The number of carbonyl (C=O) groups excluding carboxylic acids is 1. The second-order valence-corrected chi connectivity index (χ2v) is 4.75. The molecule has 1 saturated heterocycles. The summed E-state index contributed by atoms with van der Waals surface area (Å²) in [4.78, 5) is 15.4. The van der Waals surface area contributed by atoms with Crippen LogP contribution in [0, 0.1) is 0 Å². The molecule has 3 N–H and O–H groups in total. The molecule has 0 saturated carbocycles. The Hall–Kier alpha value is -2.30. The first-order chi connectivity index (χ1) is 9.22. The van der Waals surface area contributed by atoms with Crippen LogP contribution in [0.15, 0.2) is 30.5 Å². The molecule has 5 heteroatoms. The van der Waals surface area contributed by atoms with Gasteiger partial charge in [0.05, 0.1) is 0 Å². The Balaban J connectivity index is 1.80. The number of amides is 1. The maximum Gasteiger partial charge on any atom is 0.220 e. The molecule has 1 amide bonds. The van der Waals surface area contributed by atoms with Crippen LogP contribution in [0.3, 0.4) is 0 Å². The lowest BCUT2D eigenvalue weighted by molar-refractivity contribution is -0.119. The number of fused-ring (bicyclic) bond motifs is 1. The van der Waals surface area contributed by atoms with Gasteiger partial charge < -0.3 is 15.7 Å². The molecule has 0 bridgehead atoms. The van der Waals surface area contributed by atoms with Crippen molar-refractivity contribution < 1.29 is 9.90 Å². The van der Waals surface area contributed by atoms with E-state index in [2.05, 4.69) is 15.6 Å². The molecule has 0 radical (unpaired) electrons. The summed E-state index contributed by atoms with van der Waals surface area (Å²) < 4.78 is 0. The highest BCUT2D eigenvalue weighted by atomic mass is 16.3. The highest BCUT2D eigenvalue weighted by Crippen LogP contribution is 2.25. The van der Waals surface area contributed by atoms with Crippen molar-refractivity contribution in [2.24, 2.45) is 0 Å². The van der Waals surface area contributed by atoms with Gasteiger partial charge in [0, 0.05) is 30.6 Å². The minimum Gasteiger partial charge on any atom is -0.508 e. The Bertz CT molecular complexity index is 627. The van der Waals surface area contributed by atoms with Crippen LogP contribution >= 0.6 is 0 Å². The SMILES string of the molecule is O=C1CCC(CNc2nccc3ccc(O)cc23)N1. The van der Waals surface area contributed by atoms with E-state index < -0.39 is 0 Å². The van der Waals surface area contributed by atoms with Crippen LogP contribution in [0.25, 0.3) is 10.8 Å². The second-order valence-electron chi connectivity index (χ2n) is 4.75. The number of phenols is 1. The third kappa shape index (κ3) is 2.45. The van der Waals surface area contributed by atoms with Gasteiger partial charge in [0.1, 0.15) is 11.6 Å². The first-order valence-corrected chi connectivity index (χ1v) is 6.33. The minimum absolute atomic E-state index is 0.107. The number of benzene rings is 1. The Labute approximate surface area is 110 Å². The third-order valence-electron chi connectivity index (χ3n) is 3.35. The average Bonchev–Trinajstić information content (AvgIpc) is 2.82. The van der Waals surface area contributed by atoms with E-state index in [4.69, 9.17) is 0 Å². The number of hydrogen-bond acceptors (Lipinski definition) is 4. The molecule has 5 nitrogen and oxygen atoms in total. The van der Waals surface area contributed by atoms with Gasteiger partial charge in [0.25, 0.3) is 0 Å². The van der Waals surface area contributed by atoms with E-state index >= 15 is 0 Å². The van der Waals surface area contributed by atoms with E-state index in [0.29, 0.717) is 13.0 Å². The largest absolute Gasteiger partial charge is 0.508 e. The molecule has 2 heterocycles. The van der Waals surface area contributed by atoms with E-state index in [1.807, 2.05) is 12.1 Å². The first kappa shape index (κ1) is 11.8. The van der Waals surface area contributed by atoms with E-state index in [1.165, 1.54) is 0 Å². The molecule has 1 fully saturated rings. The van der Waals surface area contributed by atoms with E-state index in [-0.39, 0.29) is 17.7 Å². The molecule has 98 valence electrons. The number of carbonyl (C=O) groups is 1. The number of phenolic OH excluding ortho intramolecular Hbond substituents is 1.